The highest BCUT2D eigenvalue weighted by molar-refractivity contribution is 5.93. The minimum absolute atomic E-state index is 0.0806. The van der Waals surface area contributed by atoms with Gasteiger partial charge in [-0.3, -0.25) is 9.69 Å². The number of aryl methyl sites for hydroxylation is 1. The van der Waals surface area contributed by atoms with Crippen LogP contribution in [0, 0.1) is 6.92 Å². The number of ether oxygens (including phenoxy) is 1. The van der Waals surface area contributed by atoms with Gasteiger partial charge >= 0.3 is 5.97 Å². The number of carbonyl (C=O) groups is 2. The number of piperidine rings is 1. The van der Waals surface area contributed by atoms with Gasteiger partial charge in [0, 0.05) is 11.6 Å². The van der Waals surface area contributed by atoms with Crippen LogP contribution in [0.3, 0.4) is 0 Å². The number of carbonyl (C=O) groups excluding carboxylic acids is 2. The molecule has 26 heavy (non-hydrogen) atoms. The number of benzene rings is 1. The summed E-state index contributed by atoms with van der Waals surface area (Å²) in [5.74, 6) is 1.13. The molecule has 1 aromatic carbocycles. The molecule has 2 aromatic rings. The van der Waals surface area contributed by atoms with Crippen molar-refractivity contribution in [3.05, 3.63) is 41.5 Å². The number of hydrogen-bond acceptors (Lipinski definition) is 7. The number of anilines is 1. The molecule has 0 aliphatic carbocycles. The van der Waals surface area contributed by atoms with Crippen molar-refractivity contribution >= 4 is 17.6 Å². The first kappa shape index (κ1) is 18.1. The zero-order valence-electron chi connectivity index (χ0n) is 14.9. The molecule has 2 heterocycles. The van der Waals surface area contributed by atoms with Crippen LogP contribution in [0.15, 0.2) is 28.8 Å². The third kappa shape index (κ3) is 4.45. The number of rotatable bonds is 5. The number of likely N-dealkylation sites (tertiary alicyclic amines) is 1. The average Bonchev–Trinajstić information content (AvgIpc) is 3.08. The standard InChI is InChI=1S/C18H22N4O4/c1-12-19-17(26-21-12)13-7-9-22(10-8-13)11-16(23)20-15-5-3-14(4-6-15)18(24)25-2/h3-6,13H,7-11H2,1-2H3,(H,20,23). The van der Waals surface area contributed by atoms with Crippen LogP contribution < -0.4 is 5.32 Å². The minimum Gasteiger partial charge on any atom is -0.465 e. The van der Waals surface area contributed by atoms with E-state index in [9.17, 15) is 9.59 Å². The smallest absolute Gasteiger partial charge is 0.337 e. The summed E-state index contributed by atoms with van der Waals surface area (Å²) in [4.78, 5) is 30.0. The molecule has 1 saturated heterocycles. The molecular formula is C18H22N4O4. The highest BCUT2D eigenvalue weighted by Gasteiger charge is 2.25. The molecule has 1 N–H and O–H groups in total. The number of esters is 1. The molecule has 3 rings (SSSR count). The second kappa shape index (κ2) is 8.09. The topological polar surface area (TPSA) is 97.6 Å². The van der Waals surface area contributed by atoms with Crippen molar-refractivity contribution in [2.45, 2.75) is 25.7 Å². The van der Waals surface area contributed by atoms with Gasteiger partial charge in [0.15, 0.2) is 5.82 Å². The van der Waals surface area contributed by atoms with Crippen molar-refractivity contribution in [3.63, 3.8) is 0 Å². The van der Waals surface area contributed by atoms with Crippen LogP contribution in [-0.2, 0) is 9.53 Å². The fourth-order valence-electron chi connectivity index (χ4n) is 3.03. The molecule has 1 aliphatic rings. The molecule has 1 aliphatic heterocycles. The molecule has 0 saturated carbocycles. The van der Waals surface area contributed by atoms with Crippen molar-refractivity contribution in [2.75, 3.05) is 32.1 Å². The lowest BCUT2D eigenvalue weighted by molar-refractivity contribution is -0.117. The number of amides is 1. The average molecular weight is 358 g/mol. The fourth-order valence-corrected chi connectivity index (χ4v) is 3.03. The first-order valence-corrected chi connectivity index (χ1v) is 8.56. The quantitative estimate of drug-likeness (QED) is 0.816. The van der Waals surface area contributed by atoms with E-state index < -0.39 is 5.97 Å². The maximum Gasteiger partial charge on any atom is 0.337 e. The summed E-state index contributed by atoms with van der Waals surface area (Å²) in [5, 5.41) is 6.68. The predicted molar refractivity (Wildman–Crippen MR) is 93.9 cm³/mol. The molecule has 0 radical (unpaired) electrons. The number of aromatic nitrogens is 2. The summed E-state index contributed by atoms with van der Waals surface area (Å²) in [6, 6.07) is 6.63. The van der Waals surface area contributed by atoms with Crippen LogP contribution in [-0.4, -0.2) is 53.7 Å². The highest BCUT2D eigenvalue weighted by atomic mass is 16.5. The van der Waals surface area contributed by atoms with Gasteiger partial charge in [-0.05, 0) is 57.1 Å². The van der Waals surface area contributed by atoms with Gasteiger partial charge < -0.3 is 14.6 Å². The number of methoxy groups -OCH3 is 1. The van der Waals surface area contributed by atoms with Crippen LogP contribution in [0.5, 0.6) is 0 Å². The summed E-state index contributed by atoms with van der Waals surface area (Å²) in [7, 11) is 1.33. The first-order chi connectivity index (χ1) is 12.5. The molecule has 0 bridgehead atoms. The maximum atomic E-state index is 12.2. The Balaban J connectivity index is 1.46. The van der Waals surface area contributed by atoms with E-state index in [0.717, 1.165) is 25.9 Å². The number of nitrogens with zero attached hydrogens (tertiary/aromatic N) is 3. The molecule has 8 nitrogen and oxygen atoms in total. The number of hydrogen-bond donors (Lipinski definition) is 1. The van der Waals surface area contributed by atoms with Gasteiger partial charge in [0.1, 0.15) is 0 Å². The molecule has 1 amide bonds. The van der Waals surface area contributed by atoms with Crippen LogP contribution in [0.2, 0.25) is 0 Å². The van der Waals surface area contributed by atoms with E-state index in [2.05, 4.69) is 25.1 Å². The second-order valence-electron chi connectivity index (χ2n) is 6.35. The van der Waals surface area contributed by atoms with E-state index in [0.29, 0.717) is 29.5 Å². The summed E-state index contributed by atoms with van der Waals surface area (Å²) < 4.78 is 9.89. The van der Waals surface area contributed by atoms with Crippen LogP contribution in [0.25, 0.3) is 0 Å². The maximum absolute atomic E-state index is 12.2. The monoisotopic (exact) mass is 358 g/mol. The molecule has 0 spiro atoms. The van der Waals surface area contributed by atoms with Gasteiger partial charge in [0.25, 0.3) is 0 Å². The SMILES string of the molecule is COC(=O)c1ccc(NC(=O)CN2CCC(c3nc(C)no3)CC2)cc1. The Hall–Kier alpha value is -2.74. The predicted octanol–water partition coefficient (Wildman–Crippen LogP) is 1.98. The Labute approximate surface area is 151 Å². The summed E-state index contributed by atoms with van der Waals surface area (Å²) in [6.07, 6.45) is 1.78. The Morgan fingerprint density at radius 2 is 1.96 bits per heavy atom. The van der Waals surface area contributed by atoms with Crippen molar-refractivity contribution in [3.8, 4) is 0 Å². The summed E-state index contributed by atoms with van der Waals surface area (Å²) in [5.41, 5.74) is 1.10. The summed E-state index contributed by atoms with van der Waals surface area (Å²) >= 11 is 0. The third-order valence-corrected chi connectivity index (χ3v) is 4.44. The van der Waals surface area contributed by atoms with Gasteiger partial charge in [-0.25, -0.2) is 4.79 Å². The van der Waals surface area contributed by atoms with Crippen molar-refractivity contribution < 1.29 is 18.8 Å². The van der Waals surface area contributed by atoms with Crippen molar-refractivity contribution in [2.24, 2.45) is 0 Å². The number of nitrogens with one attached hydrogen (secondary N) is 1. The van der Waals surface area contributed by atoms with Gasteiger partial charge in [-0.15, -0.1) is 0 Å². The minimum atomic E-state index is -0.401. The van der Waals surface area contributed by atoms with E-state index in [1.165, 1.54) is 7.11 Å². The van der Waals surface area contributed by atoms with Crippen LogP contribution in [0.1, 0.15) is 40.8 Å². The molecule has 1 aromatic heterocycles. The fraction of sp³-hybridized carbons (Fsp3) is 0.444. The zero-order chi connectivity index (χ0) is 18.5. The Morgan fingerprint density at radius 3 is 2.54 bits per heavy atom. The molecule has 1 fully saturated rings. The third-order valence-electron chi connectivity index (χ3n) is 4.44. The second-order valence-corrected chi connectivity index (χ2v) is 6.35. The van der Waals surface area contributed by atoms with Gasteiger partial charge in [-0.2, -0.15) is 4.98 Å². The lowest BCUT2D eigenvalue weighted by atomic mass is 9.97. The first-order valence-electron chi connectivity index (χ1n) is 8.56. The van der Waals surface area contributed by atoms with Crippen LogP contribution >= 0.6 is 0 Å². The summed E-state index contributed by atoms with van der Waals surface area (Å²) in [6.45, 7) is 3.75. The van der Waals surface area contributed by atoms with E-state index >= 15 is 0 Å². The normalized spacial score (nSPS) is 15.6. The van der Waals surface area contributed by atoms with E-state index in [-0.39, 0.29) is 11.8 Å². The van der Waals surface area contributed by atoms with Gasteiger partial charge in [0.2, 0.25) is 11.8 Å². The Bertz CT molecular complexity index is 764. The van der Waals surface area contributed by atoms with E-state index in [4.69, 9.17) is 4.52 Å². The zero-order valence-corrected chi connectivity index (χ0v) is 14.9. The van der Waals surface area contributed by atoms with E-state index in [1.54, 1.807) is 24.3 Å². The molecule has 138 valence electrons. The lowest BCUT2D eigenvalue weighted by Gasteiger charge is -2.29. The van der Waals surface area contributed by atoms with Crippen LogP contribution in [0.4, 0.5) is 5.69 Å². The Kier molecular flexibility index (Phi) is 5.62. The highest BCUT2D eigenvalue weighted by Crippen LogP contribution is 2.26. The molecular weight excluding hydrogens is 336 g/mol. The van der Waals surface area contributed by atoms with Gasteiger partial charge in [0.05, 0.1) is 19.2 Å². The van der Waals surface area contributed by atoms with Gasteiger partial charge in [-0.1, -0.05) is 5.16 Å². The largest absolute Gasteiger partial charge is 0.465 e. The van der Waals surface area contributed by atoms with E-state index in [1.807, 2.05) is 6.92 Å². The Morgan fingerprint density at radius 1 is 1.27 bits per heavy atom. The van der Waals surface area contributed by atoms with Crippen molar-refractivity contribution in [1.82, 2.24) is 15.0 Å². The molecule has 0 unspecified atom stereocenters. The van der Waals surface area contributed by atoms with Crippen molar-refractivity contribution in [1.29, 1.82) is 0 Å². The molecule has 8 heteroatoms. The molecule has 0 atom stereocenters. The lowest BCUT2D eigenvalue weighted by Crippen LogP contribution is -2.38.